The molecular formula is C18H33IN6O. The fourth-order valence-electron chi connectivity index (χ4n) is 2.71. The second-order valence-corrected chi connectivity index (χ2v) is 6.22. The number of likely N-dealkylation sites (N-methyl/N-ethyl adjacent to an activating group) is 1. The zero-order valence-electron chi connectivity index (χ0n) is 16.2. The molecule has 0 unspecified atom stereocenters. The number of pyridine rings is 1. The van der Waals surface area contributed by atoms with Gasteiger partial charge in [-0.1, -0.05) is 0 Å². The van der Waals surface area contributed by atoms with E-state index in [2.05, 4.69) is 49.6 Å². The Morgan fingerprint density at radius 3 is 2.73 bits per heavy atom. The van der Waals surface area contributed by atoms with E-state index in [1.165, 1.54) is 5.56 Å². The third-order valence-corrected chi connectivity index (χ3v) is 4.28. The fraction of sp³-hybridized carbons (Fsp3) is 0.667. The monoisotopic (exact) mass is 476 g/mol. The Morgan fingerprint density at radius 2 is 2.04 bits per heavy atom. The maximum atomic E-state index is 5.34. The van der Waals surface area contributed by atoms with Crippen LogP contribution in [0, 0.1) is 0 Å². The van der Waals surface area contributed by atoms with Crippen molar-refractivity contribution in [3.8, 4) is 0 Å². The number of nitrogens with one attached hydrogen (secondary N) is 2. The third-order valence-electron chi connectivity index (χ3n) is 4.28. The quantitative estimate of drug-likeness (QED) is 0.257. The van der Waals surface area contributed by atoms with Crippen molar-refractivity contribution in [1.82, 2.24) is 20.5 Å². The van der Waals surface area contributed by atoms with E-state index in [1.54, 1.807) is 7.05 Å². The maximum absolute atomic E-state index is 5.34. The van der Waals surface area contributed by atoms with Gasteiger partial charge in [-0.25, -0.2) is 4.98 Å². The number of rotatable bonds is 8. The van der Waals surface area contributed by atoms with Crippen LogP contribution >= 0.6 is 24.0 Å². The second-order valence-electron chi connectivity index (χ2n) is 6.22. The molecule has 148 valence electrons. The van der Waals surface area contributed by atoms with Gasteiger partial charge in [0.1, 0.15) is 5.82 Å². The summed E-state index contributed by atoms with van der Waals surface area (Å²) < 4.78 is 5.34. The van der Waals surface area contributed by atoms with Crippen molar-refractivity contribution < 1.29 is 4.74 Å². The molecule has 1 aliphatic heterocycles. The van der Waals surface area contributed by atoms with E-state index >= 15 is 0 Å². The van der Waals surface area contributed by atoms with Gasteiger partial charge in [-0.2, -0.15) is 0 Å². The minimum Gasteiger partial charge on any atom is -0.382 e. The van der Waals surface area contributed by atoms with E-state index < -0.39 is 0 Å². The van der Waals surface area contributed by atoms with Crippen LogP contribution in [0.4, 0.5) is 5.82 Å². The van der Waals surface area contributed by atoms with E-state index in [9.17, 15) is 0 Å². The predicted molar refractivity (Wildman–Crippen MR) is 119 cm³/mol. The Labute approximate surface area is 174 Å². The second kappa shape index (κ2) is 13.1. The molecule has 7 nitrogen and oxygen atoms in total. The van der Waals surface area contributed by atoms with Crippen LogP contribution < -0.4 is 15.5 Å². The van der Waals surface area contributed by atoms with Gasteiger partial charge in [0.25, 0.3) is 0 Å². The molecule has 1 fully saturated rings. The molecule has 0 spiro atoms. The summed E-state index contributed by atoms with van der Waals surface area (Å²) >= 11 is 0. The molecule has 1 aromatic rings. The van der Waals surface area contributed by atoms with Gasteiger partial charge in [-0.3, -0.25) is 4.99 Å². The fourth-order valence-corrected chi connectivity index (χ4v) is 2.71. The van der Waals surface area contributed by atoms with Crippen LogP contribution in [0.1, 0.15) is 18.9 Å². The molecule has 26 heavy (non-hydrogen) atoms. The van der Waals surface area contributed by atoms with Crippen LogP contribution in [-0.2, 0) is 11.3 Å². The Bertz CT molecular complexity index is 534. The zero-order chi connectivity index (χ0) is 17.9. The topological polar surface area (TPSA) is 65.0 Å². The van der Waals surface area contributed by atoms with Crippen molar-refractivity contribution in [2.24, 2.45) is 4.99 Å². The average Bonchev–Trinajstić information content (AvgIpc) is 2.65. The number of nitrogens with zero attached hydrogens (tertiary/aromatic N) is 4. The van der Waals surface area contributed by atoms with Crippen LogP contribution in [-0.4, -0.2) is 75.9 Å². The summed E-state index contributed by atoms with van der Waals surface area (Å²) in [7, 11) is 3.96. The van der Waals surface area contributed by atoms with Crippen molar-refractivity contribution in [2.75, 3.05) is 64.9 Å². The lowest BCUT2D eigenvalue weighted by Gasteiger charge is -2.33. The highest BCUT2D eigenvalue weighted by atomic mass is 127. The predicted octanol–water partition coefficient (Wildman–Crippen LogP) is 1.54. The highest BCUT2D eigenvalue weighted by Gasteiger charge is 2.15. The zero-order valence-corrected chi connectivity index (χ0v) is 18.5. The SMILES string of the molecule is CCOCCCNC(=NC)NCc1ccnc(N2CCN(C)CC2)c1.I. The van der Waals surface area contributed by atoms with Crippen molar-refractivity contribution in [3.63, 3.8) is 0 Å². The number of hydrogen-bond donors (Lipinski definition) is 2. The summed E-state index contributed by atoms with van der Waals surface area (Å²) in [6.45, 7) is 9.37. The average molecular weight is 476 g/mol. The van der Waals surface area contributed by atoms with Crippen LogP contribution in [0.3, 0.4) is 0 Å². The summed E-state index contributed by atoms with van der Waals surface area (Å²) in [6.07, 6.45) is 2.86. The van der Waals surface area contributed by atoms with Crippen molar-refractivity contribution >= 4 is 35.8 Å². The molecule has 0 aromatic carbocycles. The van der Waals surface area contributed by atoms with E-state index in [0.717, 1.165) is 70.7 Å². The number of aromatic nitrogens is 1. The molecule has 0 aliphatic carbocycles. The lowest BCUT2D eigenvalue weighted by molar-refractivity contribution is 0.145. The molecule has 2 heterocycles. The summed E-state index contributed by atoms with van der Waals surface area (Å²) in [5.74, 6) is 1.88. The first kappa shape index (κ1) is 22.9. The highest BCUT2D eigenvalue weighted by molar-refractivity contribution is 14.0. The molecule has 0 bridgehead atoms. The first-order valence-corrected chi connectivity index (χ1v) is 9.13. The molecule has 1 aromatic heterocycles. The Hall–Kier alpha value is -1.13. The number of aliphatic imine (C=N–C) groups is 1. The molecule has 0 saturated carbocycles. The van der Waals surface area contributed by atoms with E-state index in [-0.39, 0.29) is 24.0 Å². The minimum atomic E-state index is 0. The molecule has 2 N–H and O–H groups in total. The van der Waals surface area contributed by atoms with Gasteiger partial charge in [0.05, 0.1) is 0 Å². The van der Waals surface area contributed by atoms with Crippen molar-refractivity contribution in [1.29, 1.82) is 0 Å². The lowest BCUT2D eigenvalue weighted by atomic mass is 10.2. The first-order valence-electron chi connectivity index (χ1n) is 9.13. The molecule has 8 heteroatoms. The summed E-state index contributed by atoms with van der Waals surface area (Å²) in [6, 6.07) is 4.22. The van der Waals surface area contributed by atoms with E-state index in [4.69, 9.17) is 4.74 Å². The van der Waals surface area contributed by atoms with Gasteiger partial charge in [-0.15, -0.1) is 24.0 Å². The third kappa shape index (κ3) is 8.05. The Morgan fingerprint density at radius 1 is 1.27 bits per heavy atom. The van der Waals surface area contributed by atoms with Gasteiger partial charge in [0.15, 0.2) is 5.96 Å². The van der Waals surface area contributed by atoms with Crippen LogP contribution in [0.15, 0.2) is 23.3 Å². The number of ether oxygens (including phenoxy) is 1. The Balaban J connectivity index is 0.00000338. The molecule has 2 rings (SSSR count). The largest absolute Gasteiger partial charge is 0.382 e. The minimum absolute atomic E-state index is 0. The van der Waals surface area contributed by atoms with E-state index in [1.807, 2.05) is 13.1 Å². The Kier molecular flexibility index (Phi) is 11.5. The first-order chi connectivity index (χ1) is 12.2. The van der Waals surface area contributed by atoms with Crippen molar-refractivity contribution in [2.45, 2.75) is 19.9 Å². The van der Waals surface area contributed by atoms with Crippen LogP contribution in [0.2, 0.25) is 0 Å². The normalized spacial score (nSPS) is 15.5. The van der Waals surface area contributed by atoms with Gasteiger partial charge in [0.2, 0.25) is 0 Å². The number of hydrogen-bond acceptors (Lipinski definition) is 5. The summed E-state index contributed by atoms with van der Waals surface area (Å²) in [5, 5.41) is 6.67. The molecular weight excluding hydrogens is 443 g/mol. The highest BCUT2D eigenvalue weighted by Crippen LogP contribution is 2.14. The molecule has 1 aliphatic rings. The number of anilines is 1. The molecule has 0 radical (unpaired) electrons. The van der Waals surface area contributed by atoms with Crippen LogP contribution in [0.25, 0.3) is 0 Å². The number of halogens is 1. The number of piperazine rings is 1. The van der Waals surface area contributed by atoms with E-state index in [0.29, 0.717) is 0 Å². The summed E-state index contributed by atoms with van der Waals surface area (Å²) in [5.41, 5.74) is 1.21. The summed E-state index contributed by atoms with van der Waals surface area (Å²) in [4.78, 5) is 13.5. The lowest BCUT2D eigenvalue weighted by Crippen LogP contribution is -2.44. The smallest absolute Gasteiger partial charge is 0.191 e. The standard InChI is InChI=1S/C18H32N6O.HI/c1-4-25-13-5-7-21-18(19-2)22-15-16-6-8-20-17(14-16)24-11-9-23(3)10-12-24;/h6,8,14H,4-5,7,9-13,15H2,1-3H3,(H2,19,21,22);1H. The molecule has 0 atom stereocenters. The molecule has 1 saturated heterocycles. The van der Waals surface area contributed by atoms with Gasteiger partial charge >= 0.3 is 0 Å². The number of guanidine groups is 1. The maximum Gasteiger partial charge on any atom is 0.191 e. The van der Waals surface area contributed by atoms with Gasteiger partial charge in [-0.05, 0) is 38.1 Å². The molecule has 0 amide bonds. The van der Waals surface area contributed by atoms with Gasteiger partial charge in [0, 0.05) is 65.7 Å². The van der Waals surface area contributed by atoms with Crippen LogP contribution in [0.5, 0.6) is 0 Å². The van der Waals surface area contributed by atoms with Gasteiger partial charge < -0.3 is 25.2 Å². The van der Waals surface area contributed by atoms with Crippen molar-refractivity contribution in [3.05, 3.63) is 23.9 Å².